The lowest BCUT2D eigenvalue weighted by atomic mass is 10.3. The molecule has 1 rings (SSSR count). The second-order valence-electron chi connectivity index (χ2n) is 8.14. The van der Waals surface area contributed by atoms with Gasteiger partial charge in [0.05, 0.1) is 25.5 Å². The first-order valence-corrected chi connectivity index (χ1v) is 12.0. The number of aromatic nitrogens is 1. The van der Waals surface area contributed by atoms with E-state index in [9.17, 15) is 14.3 Å². The Bertz CT molecular complexity index is 589. The third-order valence-electron chi connectivity index (χ3n) is 5.10. The van der Waals surface area contributed by atoms with Gasteiger partial charge in [-0.2, -0.15) is 0 Å². The van der Waals surface area contributed by atoms with Gasteiger partial charge in [0.25, 0.3) is 5.91 Å². The number of nitrogens with zero attached hydrogens (tertiary/aromatic N) is 1. The summed E-state index contributed by atoms with van der Waals surface area (Å²) >= 11 is 0. The first kappa shape index (κ1) is 24.7. The fourth-order valence-corrected chi connectivity index (χ4v) is 9.32. The van der Waals surface area contributed by atoms with Crippen molar-refractivity contribution >= 4 is 20.0 Å². The zero-order chi connectivity index (χ0) is 21.5. The molecule has 0 fully saturated rings. The van der Waals surface area contributed by atoms with E-state index in [2.05, 4.69) is 51.8 Å². The maximum atomic E-state index is 12.8. The third kappa shape index (κ3) is 6.61. The summed E-state index contributed by atoms with van der Waals surface area (Å²) in [4.78, 5) is 15.7. The van der Waals surface area contributed by atoms with Crippen LogP contribution < -0.4 is 5.32 Å². The van der Waals surface area contributed by atoms with Gasteiger partial charge in [-0.15, -0.1) is 0 Å². The average Bonchev–Trinajstić information content (AvgIpc) is 2.61. The quantitative estimate of drug-likeness (QED) is 0.533. The number of aliphatic hydroxyl groups excluding tert-OH is 1. The Kier molecular flexibility index (Phi) is 9.69. The molecule has 0 saturated heterocycles. The van der Waals surface area contributed by atoms with Gasteiger partial charge in [0.2, 0.25) is 0 Å². The van der Waals surface area contributed by atoms with Crippen LogP contribution in [0, 0.1) is 5.82 Å². The molecule has 1 amide bonds. The monoisotopic (exact) mass is 414 g/mol. The Morgan fingerprint density at radius 3 is 2.14 bits per heavy atom. The molecule has 1 aromatic heterocycles. The van der Waals surface area contributed by atoms with Crippen LogP contribution in [0.4, 0.5) is 10.2 Å². The molecular formula is C20H35FN2O4Si. The van der Waals surface area contributed by atoms with Crippen LogP contribution in [-0.4, -0.2) is 49.7 Å². The van der Waals surface area contributed by atoms with E-state index in [0.717, 1.165) is 6.20 Å². The van der Waals surface area contributed by atoms with Crippen LogP contribution in [0.1, 0.15) is 48.5 Å². The number of hydrogen-bond acceptors (Lipinski definition) is 5. The van der Waals surface area contributed by atoms with Crippen LogP contribution in [0.25, 0.3) is 0 Å². The minimum absolute atomic E-state index is 0.156. The highest BCUT2D eigenvalue weighted by molar-refractivity contribution is 6.77. The second-order valence-corrected chi connectivity index (χ2v) is 13.6. The number of amides is 1. The van der Waals surface area contributed by atoms with Crippen molar-refractivity contribution in [3.05, 3.63) is 24.1 Å². The number of rotatable bonds is 11. The summed E-state index contributed by atoms with van der Waals surface area (Å²) in [6.45, 7) is 15.4. The second kappa shape index (κ2) is 11.0. The molecule has 28 heavy (non-hydrogen) atoms. The number of anilines is 1. The van der Waals surface area contributed by atoms with Crippen LogP contribution >= 0.6 is 0 Å². The molecule has 0 radical (unpaired) electrons. The number of aliphatic hydroxyl groups is 1. The lowest BCUT2D eigenvalue weighted by molar-refractivity contribution is -0.128. The van der Waals surface area contributed by atoms with Gasteiger partial charge in [-0.25, -0.2) is 9.37 Å². The predicted molar refractivity (Wildman–Crippen MR) is 111 cm³/mol. The summed E-state index contributed by atoms with van der Waals surface area (Å²) in [5.41, 5.74) is 1.41. The SMILES string of the molecule is CC(C)[Si](OC[C@H](C)OC[C@H](O)C(=O)Nc1ccc(F)cn1)(C(C)C)C(C)C. The van der Waals surface area contributed by atoms with Crippen LogP contribution in [0.5, 0.6) is 0 Å². The number of pyridine rings is 1. The predicted octanol–water partition coefficient (Wildman–Crippen LogP) is 4.12. The van der Waals surface area contributed by atoms with Gasteiger partial charge in [-0.3, -0.25) is 4.79 Å². The van der Waals surface area contributed by atoms with Crippen LogP contribution in [-0.2, 0) is 14.0 Å². The third-order valence-corrected chi connectivity index (χ3v) is 11.2. The highest BCUT2D eigenvalue weighted by Crippen LogP contribution is 2.42. The smallest absolute Gasteiger partial charge is 0.256 e. The molecule has 2 N–H and O–H groups in total. The maximum absolute atomic E-state index is 12.8. The fraction of sp³-hybridized carbons (Fsp3) is 0.700. The minimum Gasteiger partial charge on any atom is -0.413 e. The molecule has 0 aromatic carbocycles. The van der Waals surface area contributed by atoms with E-state index in [-0.39, 0.29) is 18.5 Å². The van der Waals surface area contributed by atoms with Crippen molar-refractivity contribution in [3.63, 3.8) is 0 Å². The minimum atomic E-state index is -1.98. The standard InChI is InChI=1S/C20H35FN2O4Si/c1-13(2)28(14(3)4,15(5)6)27-11-16(7)26-12-18(24)20(25)23-19-9-8-17(21)10-22-19/h8-10,13-16,18,24H,11-12H2,1-7H3,(H,22,23,25)/t16-,18-/m0/s1. The van der Waals surface area contributed by atoms with Gasteiger partial charge in [0.15, 0.2) is 14.4 Å². The Labute approximate surface area is 169 Å². The van der Waals surface area contributed by atoms with Gasteiger partial charge < -0.3 is 19.6 Å². The fourth-order valence-electron chi connectivity index (χ4n) is 3.80. The zero-order valence-corrected chi connectivity index (χ0v) is 19.0. The first-order chi connectivity index (χ1) is 13.0. The molecule has 0 aliphatic carbocycles. The maximum Gasteiger partial charge on any atom is 0.256 e. The number of ether oxygens (including phenoxy) is 1. The lowest BCUT2D eigenvalue weighted by Gasteiger charge is -2.42. The zero-order valence-electron chi connectivity index (χ0n) is 18.0. The highest BCUT2D eigenvalue weighted by Gasteiger charge is 2.45. The number of carbonyl (C=O) groups is 1. The molecule has 160 valence electrons. The van der Waals surface area contributed by atoms with Gasteiger partial charge in [-0.05, 0) is 35.7 Å². The van der Waals surface area contributed by atoms with Crippen LogP contribution in [0.3, 0.4) is 0 Å². The molecule has 0 aliphatic rings. The Morgan fingerprint density at radius 1 is 1.11 bits per heavy atom. The van der Waals surface area contributed by atoms with E-state index < -0.39 is 26.1 Å². The average molecular weight is 415 g/mol. The van der Waals surface area contributed by atoms with Crippen molar-refractivity contribution in [2.45, 2.75) is 77.3 Å². The first-order valence-electron chi connectivity index (χ1n) is 9.86. The normalized spacial score (nSPS) is 14.6. The highest BCUT2D eigenvalue weighted by atomic mass is 28.4. The van der Waals surface area contributed by atoms with Crippen molar-refractivity contribution in [2.24, 2.45) is 0 Å². The molecule has 0 aliphatic heterocycles. The molecule has 8 heteroatoms. The lowest BCUT2D eigenvalue weighted by Crippen LogP contribution is -2.49. The summed E-state index contributed by atoms with van der Waals surface area (Å²) in [5.74, 6) is -0.981. The Balaban J connectivity index is 2.53. The molecule has 0 unspecified atom stereocenters. The molecule has 2 atom stereocenters. The molecule has 0 saturated carbocycles. The number of nitrogens with one attached hydrogen (secondary N) is 1. The topological polar surface area (TPSA) is 80.7 Å². The summed E-state index contributed by atoms with van der Waals surface area (Å²) in [6.07, 6.45) is -0.613. The number of carbonyl (C=O) groups excluding carboxylic acids is 1. The van der Waals surface area contributed by atoms with E-state index in [1.807, 2.05) is 6.92 Å². The Morgan fingerprint density at radius 2 is 1.68 bits per heavy atom. The van der Waals surface area contributed by atoms with E-state index >= 15 is 0 Å². The molecule has 0 bridgehead atoms. The Hall–Kier alpha value is -1.35. The van der Waals surface area contributed by atoms with Crippen LogP contribution in [0.15, 0.2) is 18.3 Å². The molecule has 1 aromatic rings. The van der Waals surface area contributed by atoms with Crippen molar-refractivity contribution in [1.82, 2.24) is 4.98 Å². The summed E-state index contributed by atoms with van der Waals surface area (Å²) in [6, 6.07) is 2.50. The van der Waals surface area contributed by atoms with Crippen molar-refractivity contribution in [1.29, 1.82) is 0 Å². The van der Waals surface area contributed by atoms with E-state index in [1.165, 1.54) is 12.1 Å². The molecular weight excluding hydrogens is 379 g/mol. The van der Waals surface area contributed by atoms with Crippen molar-refractivity contribution in [3.8, 4) is 0 Å². The number of hydrogen-bond donors (Lipinski definition) is 2. The van der Waals surface area contributed by atoms with Crippen molar-refractivity contribution in [2.75, 3.05) is 18.5 Å². The van der Waals surface area contributed by atoms with Gasteiger partial charge >= 0.3 is 0 Å². The van der Waals surface area contributed by atoms with Crippen LogP contribution in [0.2, 0.25) is 16.6 Å². The van der Waals surface area contributed by atoms with E-state index in [4.69, 9.17) is 9.16 Å². The van der Waals surface area contributed by atoms with Gasteiger partial charge in [0, 0.05) is 0 Å². The van der Waals surface area contributed by atoms with Crippen molar-refractivity contribution < 1.29 is 23.5 Å². The van der Waals surface area contributed by atoms with Gasteiger partial charge in [0.1, 0.15) is 11.6 Å². The molecule has 1 heterocycles. The summed E-state index contributed by atoms with van der Waals surface area (Å²) < 4.78 is 24.9. The summed E-state index contributed by atoms with van der Waals surface area (Å²) in [7, 11) is -1.98. The van der Waals surface area contributed by atoms with E-state index in [0.29, 0.717) is 23.2 Å². The molecule has 0 spiro atoms. The largest absolute Gasteiger partial charge is 0.413 e. The molecule has 6 nitrogen and oxygen atoms in total. The number of halogens is 1. The van der Waals surface area contributed by atoms with E-state index in [1.54, 1.807) is 0 Å². The van der Waals surface area contributed by atoms with Gasteiger partial charge in [-0.1, -0.05) is 41.5 Å². The summed E-state index contributed by atoms with van der Waals surface area (Å²) in [5, 5.41) is 12.4.